The number of nitrogens with zero attached hydrogens (tertiary/aromatic N) is 2. The first-order chi connectivity index (χ1) is 20.9. The predicted molar refractivity (Wildman–Crippen MR) is 173 cm³/mol. The molecule has 1 N–H and O–H groups in total. The van der Waals surface area contributed by atoms with Gasteiger partial charge in [0.05, 0.1) is 34.9 Å². The van der Waals surface area contributed by atoms with Crippen molar-refractivity contribution >= 4 is 40.3 Å². The van der Waals surface area contributed by atoms with Crippen molar-refractivity contribution in [3.05, 3.63) is 53.9 Å². The van der Waals surface area contributed by atoms with Gasteiger partial charge in [0.1, 0.15) is 18.2 Å². The van der Waals surface area contributed by atoms with E-state index in [1.165, 1.54) is 0 Å². The minimum atomic E-state index is -0.410. The highest BCUT2D eigenvalue weighted by Crippen LogP contribution is 2.43. The monoisotopic (exact) mass is 595 g/mol. The van der Waals surface area contributed by atoms with Crippen LogP contribution in [0.2, 0.25) is 0 Å². The number of aromatic nitrogens is 2. The van der Waals surface area contributed by atoms with Gasteiger partial charge in [-0.2, -0.15) is 0 Å². The van der Waals surface area contributed by atoms with Crippen LogP contribution in [0, 0.1) is 11.8 Å². The molecule has 2 saturated heterocycles. The zero-order valence-electron chi connectivity index (χ0n) is 26.8. The fourth-order valence-corrected chi connectivity index (χ4v) is 6.90. The highest BCUT2D eigenvalue weighted by Gasteiger charge is 2.51. The van der Waals surface area contributed by atoms with E-state index in [4.69, 9.17) is 23.8 Å². The van der Waals surface area contributed by atoms with E-state index in [1.54, 1.807) is 7.11 Å². The van der Waals surface area contributed by atoms with E-state index in [0.717, 1.165) is 62.0 Å². The lowest BCUT2D eigenvalue weighted by molar-refractivity contribution is -0.133. The molecule has 2 fully saturated rings. The number of carbonyl (C=O) groups is 1. The van der Waals surface area contributed by atoms with Crippen LogP contribution in [0.1, 0.15) is 71.8 Å². The summed E-state index contributed by atoms with van der Waals surface area (Å²) < 4.78 is 24.4. The molecule has 9 heteroatoms. The first-order valence-corrected chi connectivity index (χ1v) is 15.8. The van der Waals surface area contributed by atoms with Crippen molar-refractivity contribution in [3.8, 4) is 16.9 Å². The zero-order valence-corrected chi connectivity index (χ0v) is 26.8. The van der Waals surface area contributed by atoms with Gasteiger partial charge >= 0.3 is 7.12 Å². The molecule has 4 aromatic rings. The van der Waals surface area contributed by atoms with Crippen LogP contribution in [0.4, 0.5) is 0 Å². The molecule has 0 spiro atoms. The van der Waals surface area contributed by atoms with Crippen LogP contribution in [-0.4, -0.2) is 59.4 Å². The van der Waals surface area contributed by atoms with Gasteiger partial charge < -0.3 is 28.7 Å². The maximum atomic E-state index is 13.2. The second-order valence-electron chi connectivity index (χ2n) is 14.2. The number of benzene rings is 3. The van der Waals surface area contributed by atoms with Gasteiger partial charge in [-0.05, 0) is 80.2 Å². The first-order valence-electron chi connectivity index (χ1n) is 15.8. The molecule has 4 heterocycles. The lowest BCUT2D eigenvalue weighted by atomic mass is 9.77. The molecule has 3 aliphatic rings. The summed E-state index contributed by atoms with van der Waals surface area (Å²) in [6.45, 7) is 14.3. The van der Waals surface area contributed by atoms with E-state index in [9.17, 15) is 4.79 Å². The average Bonchev–Trinajstić information content (AvgIpc) is 3.65. The number of likely N-dealkylation sites (tertiary alicyclic amines) is 1. The second-order valence-corrected chi connectivity index (χ2v) is 14.2. The van der Waals surface area contributed by atoms with Crippen molar-refractivity contribution in [2.24, 2.45) is 11.8 Å². The Hall–Kier alpha value is -3.40. The van der Waals surface area contributed by atoms with Gasteiger partial charge in [0.25, 0.3) is 0 Å². The molecule has 8 nitrogen and oxygen atoms in total. The van der Waals surface area contributed by atoms with Crippen LogP contribution >= 0.6 is 0 Å². The molecule has 0 bridgehead atoms. The molecule has 1 aromatic heterocycles. The van der Waals surface area contributed by atoms with Crippen LogP contribution in [-0.2, 0) is 25.4 Å². The molecular weight excluding hydrogens is 553 g/mol. The van der Waals surface area contributed by atoms with E-state index >= 15 is 0 Å². The number of amides is 1. The number of carbonyl (C=O) groups excluding carboxylic acids is 1. The number of aromatic amines is 1. The Morgan fingerprint density at radius 1 is 1.09 bits per heavy atom. The Bertz CT molecular complexity index is 1750. The topological polar surface area (TPSA) is 85.9 Å². The Morgan fingerprint density at radius 2 is 1.86 bits per heavy atom. The van der Waals surface area contributed by atoms with Crippen molar-refractivity contribution in [1.82, 2.24) is 14.9 Å². The number of H-pyrrole nitrogens is 1. The molecule has 230 valence electrons. The largest absolute Gasteiger partial charge is 0.494 e. The maximum Gasteiger partial charge on any atom is 0.494 e. The minimum Gasteiger partial charge on any atom is -0.488 e. The van der Waals surface area contributed by atoms with Gasteiger partial charge in [-0.15, -0.1) is 0 Å². The van der Waals surface area contributed by atoms with Gasteiger partial charge in [-0.25, -0.2) is 4.98 Å². The molecule has 0 aliphatic carbocycles. The lowest BCUT2D eigenvalue weighted by Crippen LogP contribution is -2.41. The summed E-state index contributed by atoms with van der Waals surface area (Å²) in [5, 5.41) is 2.16. The quantitative estimate of drug-likeness (QED) is 0.269. The number of hydrogen-bond acceptors (Lipinski definition) is 6. The summed E-state index contributed by atoms with van der Waals surface area (Å²) in [4.78, 5) is 23.9. The fourth-order valence-electron chi connectivity index (χ4n) is 6.90. The Morgan fingerprint density at radius 3 is 2.59 bits per heavy atom. The molecule has 44 heavy (non-hydrogen) atoms. The molecule has 3 aromatic carbocycles. The molecule has 0 saturated carbocycles. The molecule has 1 amide bonds. The van der Waals surface area contributed by atoms with Gasteiger partial charge in [-0.1, -0.05) is 38.1 Å². The van der Waals surface area contributed by atoms with E-state index in [-0.39, 0.29) is 17.9 Å². The van der Waals surface area contributed by atoms with Crippen molar-refractivity contribution < 1.29 is 23.6 Å². The summed E-state index contributed by atoms with van der Waals surface area (Å²) in [5.74, 6) is 2.46. The number of imidazole rings is 1. The van der Waals surface area contributed by atoms with Crippen molar-refractivity contribution in [3.63, 3.8) is 0 Å². The van der Waals surface area contributed by atoms with Gasteiger partial charge in [-0.3, -0.25) is 4.79 Å². The summed E-state index contributed by atoms with van der Waals surface area (Å²) in [7, 11) is 1.31. The molecular formula is C35H42BN3O5. The second kappa shape index (κ2) is 10.6. The number of methoxy groups -OCH3 is 1. The Balaban J connectivity index is 1.22. The Labute approximate surface area is 259 Å². The van der Waals surface area contributed by atoms with Crippen LogP contribution < -0.4 is 10.2 Å². The SMILES string of the molecule is COC[C@H]1C[C@@H](c2nc3ccc4cc5c(cc4c3[nH]2)OCc2cc(B3OC(C)(C)C(C)(C)O3)ccc2-5)N(C(=O)CC(C)C)C1. The van der Waals surface area contributed by atoms with E-state index in [2.05, 4.69) is 89.0 Å². The summed E-state index contributed by atoms with van der Waals surface area (Å²) >= 11 is 0. The molecule has 7 rings (SSSR count). The van der Waals surface area contributed by atoms with Crippen LogP contribution in [0.3, 0.4) is 0 Å². The van der Waals surface area contributed by atoms with Crippen LogP contribution in [0.5, 0.6) is 5.75 Å². The Kier molecular flexibility index (Phi) is 7.07. The fraction of sp³-hybridized carbons (Fsp3) is 0.486. The predicted octanol–water partition coefficient (Wildman–Crippen LogP) is 6.16. The van der Waals surface area contributed by atoms with Crippen molar-refractivity contribution in [2.45, 2.75) is 78.2 Å². The van der Waals surface area contributed by atoms with Crippen LogP contribution in [0.15, 0.2) is 42.5 Å². The highest BCUT2D eigenvalue weighted by atomic mass is 16.7. The summed E-state index contributed by atoms with van der Waals surface area (Å²) in [6.07, 6.45) is 1.36. The maximum absolute atomic E-state index is 13.2. The zero-order chi connectivity index (χ0) is 31.0. The average molecular weight is 596 g/mol. The number of hydrogen-bond donors (Lipinski definition) is 1. The normalized spacial score (nSPS) is 22.1. The molecule has 0 unspecified atom stereocenters. The molecule has 2 atom stereocenters. The van der Waals surface area contributed by atoms with E-state index in [1.807, 2.05) is 4.90 Å². The van der Waals surface area contributed by atoms with E-state index in [0.29, 0.717) is 32.1 Å². The third-order valence-corrected chi connectivity index (χ3v) is 9.93. The van der Waals surface area contributed by atoms with Crippen molar-refractivity contribution in [2.75, 3.05) is 20.3 Å². The number of nitrogens with one attached hydrogen (secondary N) is 1. The van der Waals surface area contributed by atoms with Gasteiger partial charge in [0.15, 0.2) is 0 Å². The number of ether oxygens (including phenoxy) is 2. The molecule has 0 radical (unpaired) electrons. The van der Waals surface area contributed by atoms with Gasteiger partial charge in [0, 0.05) is 36.9 Å². The van der Waals surface area contributed by atoms with Crippen LogP contribution in [0.25, 0.3) is 32.9 Å². The summed E-state index contributed by atoms with van der Waals surface area (Å²) in [5.41, 5.74) is 5.43. The number of fused-ring (bicyclic) bond motifs is 6. The number of rotatable bonds is 6. The standard InChI is InChI=1S/C35H42BN3O5/c1-20(2)12-31(40)39-17-21(18-41-7)13-29(39)33-37-28-11-8-22-15-27-25-10-9-24(36-43-34(3,4)35(5,6)44-36)14-23(25)19-42-30(27)16-26(22)32(28)38-33/h8-11,14-16,20-21,29H,12-13,17-19H2,1-7H3,(H,37,38)/t21-,29-/m0/s1. The first kappa shape index (κ1) is 29.3. The molecule has 3 aliphatic heterocycles. The lowest BCUT2D eigenvalue weighted by Gasteiger charge is -2.32. The van der Waals surface area contributed by atoms with E-state index < -0.39 is 18.3 Å². The van der Waals surface area contributed by atoms with Gasteiger partial charge in [0.2, 0.25) is 5.91 Å². The third-order valence-electron chi connectivity index (χ3n) is 9.93. The highest BCUT2D eigenvalue weighted by molar-refractivity contribution is 6.62. The third kappa shape index (κ3) is 4.90. The van der Waals surface area contributed by atoms with Crippen molar-refractivity contribution in [1.29, 1.82) is 0 Å². The summed E-state index contributed by atoms with van der Waals surface area (Å²) in [6, 6.07) is 14.9. The minimum absolute atomic E-state index is 0.0947. The smallest absolute Gasteiger partial charge is 0.488 e.